The molecule has 1 N–H and O–H groups in total. The fourth-order valence-electron chi connectivity index (χ4n) is 2.16. The minimum Gasteiger partial charge on any atom is -0.494 e. The summed E-state index contributed by atoms with van der Waals surface area (Å²) >= 11 is 0. The van der Waals surface area contributed by atoms with Crippen LogP contribution in [-0.2, 0) is 0 Å². The van der Waals surface area contributed by atoms with Gasteiger partial charge in [0.05, 0.1) is 6.61 Å². The topological polar surface area (TPSA) is 21.3 Å². The largest absolute Gasteiger partial charge is 0.494 e. The molecular formula is C15H25NO. The van der Waals surface area contributed by atoms with E-state index in [9.17, 15) is 0 Å². The van der Waals surface area contributed by atoms with Gasteiger partial charge in [0.25, 0.3) is 0 Å². The molecule has 17 heavy (non-hydrogen) atoms. The van der Waals surface area contributed by atoms with Gasteiger partial charge in [0.15, 0.2) is 0 Å². The van der Waals surface area contributed by atoms with Crippen LogP contribution < -0.4 is 10.1 Å². The standard InChI is InChI=1S/C15H25NO/c1-6-15(3,4)14(16-5)12-9-8-10-13(11-12)17-7-2/h8-11,14,16H,6-7H2,1-5H3. The molecule has 0 amide bonds. The lowest BCUT2D eigenvalue weighted by Gasteiger charge is -2.33. The highest BCUT2D eigenvalue weighted by Gasteiger charge is 2.27. The summed E-state index contributed by atoms with van der Waals surface area (Å²) in [5.74, 6) is 0.956. The Morgan fingerprint density at radius 2 is 2.00 bits per heavy atom. The van der Waals surface area contributed by atoms with Crippen LogP contribution >= 0.6 is 0 Å². The Labute approximate surface area is 105 Å². The van der Waals surface area contributed by atoms with E-state index in [1.54, 1.807) is 0 Å². The molecule has 0 aliphatic rings. The van der Waals surface area contributed by atoms with Crippen molar-refractivity contribution in [2.75, 3.05) is 13.7 Å². The van der Waals surface area contributed by atoms with Gasteiger partial charge in [0.1, 0.15) is 5.75 Å². The summed E-state index contributed by atoms with van der Waals surface area (Å²) in [4.78, 5) is 0. The van der Waals surface area contributed by atoms with Crippen molar-refractivity contribution in [3.05, 3.63) is 29.8 Å². The first-order valence-electron chi connectivity index (χ1n) is 6.45. The summed E-state index contributed by atoms with van der Waals surface area (Å²) < 4.78 is 5.56. The molecule has 0 aliphatic carbocycles. The zero-order valence-corrected chi connectivity index (χ0v) is 11.7. The zero-order chi connectivity index (χ0) is 12.9. The first kappa shape index (κ1) is 14.0. The molecule has 0 aromatic heterocycles. The molecule has 0 radical (unpaired) electrons. The maximum absolute atomic E-state index is 5.56. The monoisotopic (exact) mass is 235 g/mol. The Kier molecular flexibility index (Phi) is 5.01. The van der Waals surface area contributed by atoms with Crippen LogP contribution in [-0.4, -0.2) is 13.7 Å². The van der Waals surface area contributed by atoms with Gasteiger partial charge in [-0.05, 0) is 43.5 Å². The van der Waals surface area contributed by atoms with Crippen LogP contribution in [0, 0.1) is 5.41 Å². The summed E-state index contributed by atoms with van der Waals surface area (Å²) in [6.07, 6.45) is 1.14. The fourth-order valence-corrected chi connectivity index (χ4v) is 2.16. The van der Waals surface area contributed by atoms with Crippen LogP contribution in [0.25, 0.3) is 0 Å². The molecule has 0 heterocycles. The highest BCUT2D eigenvalue weighted by molar-refractivity contribution is 5.31. The smallest absolute Gasteiger partial charge is 0.119 e. The number of ether oxygens (including phenoxy) is 1. The average molecular weight is 235 g/mol. The third-order valence-electron chi connectivity index (χ3n) is 3.48. The third-order valence-corrected chi connectivity index (χ3v) is 3.48. The van der Waals surface area contributed by atoms with Gasteiger partial charge >= 0.3 is 0 Å². The van der Waals surface area contributed by atoms with Crippen molar-refractivity contribution in [3.63, 3.8) is 0 Å². The molecule has 1 atom stereocenters. The molecule has 2 nitrogen and oxygen atoms in total. The Bertz CT molecular complexity index is 347. The molecule has 1 rings (SSSR count). The normalized spacial score (nSPS) is 13.5. The molecule has 0 spiro atoms. The number of nitrogens with one attached hydrogen (secondary N) is 1. The molecule has 96 valence electrons. The van der Waals surface area contributed by atoms with Crippen LogP contribution in [0.1, 0.15) is 45.7 Å². The van der Waals surface area contributed by atoms with Gasteiger partial charge in [-0.2, -0.15) is 0 Å². The predicted molar refractivity (Wildman–Crippen MR) is 73.5 cm³/mol. The molecule has 2 heteroatoms. The maximum atomic E-state index is 5.56. The first-order chi connectivity index (χ1) is 8.05. The van der Waals surface area contributed by atoms with Gasteiger partial charge in [0.2, 0.25) is 0 Å². The van der Waals surface area contributed by atoms with Crippen molar-refractivity contribution < 1.29 is 4.74 Å². The number of benzene rings is 1. The molecule has 0 saturated carbocycles. The number of hydrogen-bond acceptors (Lipinski definition) is 2. The van der Waals surface area contributed by atoms with E-state index in [4.69, 9.17) is 4.74 Å². The van der Waals surface area contributed by atoms with Crippen LogP contribution in [0.4, 0.5) is 0 Å². The second-order valence-corrected chi connectivity index (χ2v) is 5.07. The quantitative estimate of drug-likeness (QED) is 0.810. The van der Waals surface area contributed by atoms with Crippen molar-refractivity contribution in [1.82, 2.24) is 5.32 Å². The molecule has 1 aromatic rings. The molecule has 1 aromatic carbocycles. The fraction of sp³-hybridized carbons (Fsp3) is 0.600. The zero-order valence-electron chi connectivity index (χ0n) is 11.7. The summed E-state index contributed by atoms with van der Waals surface area (Å²) in [5, 5.41) is 3.42. The molecule has 1 unspecified atom stereocenters. The highest BCUT2D eigenvalue weighted by Crippen LogP contribution is 2.36. The number of hydrogen-bond donors (Lipinski definition) is 1. The Morgan fingerprint density at radius 3 is 2.53 bits per heavy atom. The van der Waals surface area contributed by atoms with Crippen LogP contribution in [0.2, 0.25) is 0 Å². The summed E-state index contributed by atoms with van der Waals surface area (Å²) in [7, 11) is 2.02. The molecular weight excluding hydrogens is 210 g/mol. The maximum Gasteiger partial charge on any atom is 0.119 e. The molecule has 0 fully saturated rings. The van der Waals surface area contributed by atoms with E-state index in [-0.39, 0.29) is 5.41 Å². The SMILES string of the molecule is CCOc1cccc(C(NC)C(C)(C)CC)c1. The summed E-state index contributed by atoms with van der Waals surface area (Å²) in [6.45, 7) is 9.54. The van der Waals surface area contributed by atoms with Gasteiger partial charge in [-0.25, -0.2) is 0 Å². The van der Waals surface area contributed by atoms with Crippen molar-refractivity contribution in [2.45, 2.75) is 40.2 Å². The lowest BCUT2D eigenvalue weighted by atomic mass is 9.78. The highest BCUT2D eigenvalue weighted by atomic mass is 16.5. The van der Waals surface area contributed by atoms with Crippen LogP contribution in [0.5, 0.6) is 5.75 Å². The first-order valence-corrected chi connectivity index (χ1v) is 6.45. The van der Waals surface area contributed by atoms with Gasteiger partial charge in [0, 0.05) is 6.04 Å². The van der Waals surface area contributed by atoms with Gasteiger partial charge in [-0.1, -0.05) is 32.9 Å². The Morgan fingerprint density at radius 1 is 1.29 bits per heavy atom. The van der Waals surface area contributed by atoms with Crippen molar-refractivity contribution >= 4 is 0 Å². The Hall–Kier alpha value is -1.02. The third kappa shape index (κ3) is 3.47. The molecule has 0 saturated heterocycles. The number of rotatable bonds is 6. The predicted octanol–water partition coefficient (Wildman–Crippen LogP) is 3.78. The minimum atomic E-state index is 0.236. The Balaban J connectivity index is 2.99. The van der Waals surface area contributed by atoms with Crippen LogP contribution in [0.15, 0.2) is 24.3 Å². The summed E-state index contributed by atoms with van der Waals surface area (Å²) in [5.41, 5.74) is 1.53. The van der Waals surface area contributed by atoms with E-state index in [2.05, 4.69) is 44.3 Å². The van der Waals surface area contributed by atoms with E-state index >= 15 is 0 Å². The van der Waals surface area contributed by atoms with E-state index in [1.807, 2.05) is 20.0 Å². The van der Waals surface area contributed by atoms with E-state index in [0.717, 1.165) is 12.2 Å². The molecule has 0 bridgehead atoms. The van der Waals surface area contributed by atoms with E-state index in [0.29, 0.717) is 12.6 Å². The lowest BCUT2D eigenvalue weighted by Crippen LogP contribution is -2.31. The molecule has 0 aliphatic heterocycles. The van der Waals surface area contributed by atoms with Crippen molar-refractivity contribution in [1.29, 1.82) is 0 Å². The second-order valence-electron chi connectivity index (χ2n) is 5.07. The van der Waals surface area contributed by atoms with E-state index < -0.39 is 0 Å². The van der Waals surface area contributed by atoms with E-state index in [1.165, 1.54) is 5.56 Å². The lowest BCUT2D eigenvalue weighted by molar-refractivity contribution is 0.244. The summed E-state index contributed by atoms with van der Waals surface area (Å²) in [6, 6.07) is 8.74. The average Bonchev–Trinajstić information content (AvgIpc) is 2.30. The van der Waals surface area contributed by atoms with Crippen molar-refractivity contribution in [3.8, 4) is 5.75 Å². The minimum absolute atomic E-state index is 0.236. The second kappa shape index (κ2) is 6.06. The van der Waals surface area contributed by atoms with Crippen molar-refractivity contribution in [2.24, 2.45) is 5.41 Å². The van der Waals surface area contributed by atoms with Gasteiger partial charge in [-0.15, -0.1) is 0 Å². The van der Waals surface area contributed by atoms with Crippen LogP contribution in [0.3, 0.4) is 0 Å². The van der Waals surface area contributed by atoms with Gasteiger partial charge < -0.3 is 10.1 Å². The van der Waals surface area contributed by atoms with Gasteiger partial charge in [-0.3, -0.25) is 0 Å².